The van der Waals surface area contributed by atoms with Crippen molar-refractivity contribution in [1.82, 2.24) is 19.8 Å². The van der Waals surface area contributed by atoms with Gasteiger partial charge in [0.25, 0.3) is 0 Å². The minimum atomic E-state index is 0.174. The fourth-order valence-electron chi connectivity index (χ4n) is 3.52. The molecule has 0 saturated carbocycles. The van der Waals surface area contributed by atoms with Gasteiger partial charge in [0.2, 0.25) is 5.91 Å². The van der Waals surface area contributed by atoms with Crippen LogP contribution >= 0.6 is 22.9 Å². The van der Waals surface area contributed by atoms with Crippen LogP contribution in [-0.2, 0) is 17.8 Å². The first kappa shape index (κ1) is 19.1. The number of aromatic nitrogens is 2. The van der Waals surface area contributed by atoms with Gasteiger partial charge < -0.3 is 10.6 Å². The number of thiophene rings is 1. The van der Waals surface area contributed by atoms with Gasteiger partial charge in [0.1, 0.15) is 12.1 Å². The van der Waals surface area contributed by atoms with E-state index >= 15 is 0 Å². The van der Waals surface area contributed by atoms with Gasteiger partial charge in [0.15, 0.2) is 0 Å². The number of benzene rings is 1. The van der Waals surface area contributed by atoms with E-state index in [1.165, 1.54) is 11.2 Å². The average Bonchev–Trinajstić information content (AvgIpc) is 3.09. The predicted octanol–water partition coefficient (Wildman–Crippen LogP) is 3.20. The summed E-state index contributed by atoms with van der Waals surface area (Å²) in [6, 6.07) is 9.93. The highest BCUT2D eigenvalue weighted by Gasteiger charge is 2.23. The third-order valence-corrected chi connectivity index (χ3v) is 6.32. The smallest absolute Gasteiger partial charge is 0.237 e. The van der Waals surface area contributed by atoms with E-state index in [0.29, 0.717) is 18.9 Å². The summed E-state index contributed by atoms with van der Waals surface area (Å²) >= 11 is 7.61. The van der Waals surface area contributed by atoms with Crippen LogP contribution in [0.25, 0.3) is 10.9 Å². The number of aryl methyl sites for hydroxylation is 1. The van der Waals surface area contributed by atoms with Crippen LogP contribution in [0.3, 0.4) is 0 Å². The molecule has 3 heterocycles. The van der Waals surface area contributed by atoms with Gasteiger partial charge in [0, 0.05) is 29.9 Å². The molecule has 2 aromatic heterocycles. The molecule has 3 aromatic rings. The third kappa shape index (κ3) is 4.43. The number of nitrogens with zero attached hydrogens (tertiary/aromatic N) is 4. The molecule has 28 heavy (non-hydrogen) atoms. The fourth-order valence-corrected chi connectivity index (χ4v) is 4.65. The van der Waals surface area contributed by atoms with E-state index in [1.807, 2.05) is 29.2 Å². The first-order chi connectivity index (χ1) is 13.6. The van der Waals surface area contributed by atoms with Crippen molar-refractivity contribution in [1.29, 1.82) is 0 Å². The van der Waals surface area contributed by atoms with Crippen molar-refractivity contribution in [2.24, 2.45) is 0 Å². The van der Waals surface area contributed by atoms with Crippen LogP contribution in [0.4, 0.5) is 5.82 Å². The largest absolute Gasteiger partial charge is 0.383 e. The molecule has 1 aliphatic rings. The minimum absolute atomic E-state index is 0.174. The van der Waals surface area contributed by atoms with Crippen molar-refractivity contribution in [2.45, 2.75) is 19.4 Å². The number of carbonyl (C=O) groups is 1. The third-order valence-electron chi connectivity index (χ3n) is 5.03. The van der Waals surface area contributed by atoms with Crippen LogP contribution in [0, 0.1) is 0 Å². The lowest BCUT2D eigenvalue weighted by Gasteiger charge is -2.34. The Bertz CT molecular complexity index is 992. The van der Waals surface area contributed by atoms with Crippen molar-refractivity contribution in [3.05, 3.63) is 51.4 Å². The average molecular weight is 416 g/mol. The van der Waals surface area contributed by atoms with Crippen molar-refractivity contribution in [2.75, 3.05) is 31.9 Å². The number of hydrogen-bond acceptors (Lipinski definition) is 6. The Morgan fingerprint density at radius 3 is 2.86 bits per heavy atom. The van der Waals surface area contributed by atoms with E-state index in [-0.39, 0.29) is 5.91 Å². The van der Waals surface area contributed by atoms with Crippen molar-refractivity contribution < 1.29 is 4.79 Å². The van der Waals surface area contributed by atoms with Gasteiger partial charge in [-0.1, -0.05) is 17.7 Å². The maximum absolute atomic E-state index is 12.6. The normalized spacial score (nSPS) is 15.5. The Balaban J connectivity index is 1.30. The quantitative estimate of drug-likeness (QED) is 0.669. The highest BCUT2D eigenvalue weighted by atomic mass is 35.5. The Morgan fingerprint density at radius 1 is 1.18 bits per heavy atom. The summed E-state index contributed by atoms with van der Waals surface area (Å²) < 4.78 is 0.835. The number of fused-ring (bicyclic) bond motifs is 1. The molecule has 1 saturated heterocycles. The van der Waals surface area contributed by atoms with Crippen LogP contribution in [-0.4, -0.2) is 51.9 Å². The fraction of sp³-hybridized carbons (Fsp3) is 0.350. The number of rotatable bonds is 6. The second-order valence-corrected chi connectivity index (χ2v) is 8.81. The molecule has 0 spiro atoms. The van der Waals surface area contributed by atoms with E-state index < -0.39 is 0 Å². The van der Waals surface area contributed by atoms with Gasteiger partial charge in [-0.25, -0.2) is 9.97 Å². The molecule has 8 heteroatoms. The summed E-state index contributed by atoms with van der Waals surface area (Å²) in [5.74, 6) is 0.652. The van der Waals surface area contributed by atoms with E-state index in [4.69, 9.17) is 17.3 Å². The molecule has 0 bridgehead atoms. The van der Waals surface area contributed by atoms with Crippen molar-refractivity contribution in [3.8, 4) is 0 Å². The van der Waals surface area contributed by atoms with Gasteiger partial charge in [-0.05, 0) is 49.2 Å². The Hall–Kier alpha value is -2.22. The lowest BCUT2D eigenvalue weighted by atomic mass is 10.1. The zero-order chi connectivity index (χ0) is 19.5. The van der Waals surface area contributed by atoms with Gasteiger partial charge in [0.05, 0.1) is 16.4 Å². The zero-order valence-corrected chi connectivity index (χ0v) is 17.0. The highest BCUT2D eigenvalue weighted by molar-refractivity contribution is 7.16. The summed E-state index contributed by atoms with van der Waals surface area (Å²) in [6.07, 6.45) is 3.51. The SMILES string of the molecule is Nc1ncnc2cc(CN3CCN(CCCc4ccc(Cl)s4)CC3=O)ccc12. The first-order valence-electron chi connectivity index (χ1n) is 9.32. The number of halogens is 1. The van der Waals surface area contributed by atoms with Crippen LogP contribution < -0.4 is 5.73 Å². The number of amides is 1. The number of nitrogen functional groups attached to an aromatic ring is 1. The van der Waals surface area contributed by atoms with E-state index in [2.05, 4.69) is 20.9 Å². The molecular weight excluding hydrogens is 394 g/mol. The van der Waals surface area contributed by atoms with E-state index in [0.717, 1.165) is 53.3 Å². The number of piperazine rings is 1. The molecule has 0 unspecified atom stereocenters. The molecule has 0 atom stereocenters. The van der Waals surface area contributed by atoms with Gasteiger partial charge >= 0.3 is 0 Å². The van der Waals surface area contributed by atoms with Crippen LogP contribution in [0.1, 0.15) is 16.9 Å². The molecule has 6 nitrogen and oxygen atoms in total. The molecule has 1 aliphatic heterocycles. The number of carbonyl (C=O) groups excluding carboxylic acids is 1. The lowest BCUT2D eigenvalue weighted by Crippen LogP contribution is -2.50. The second-order valence-electron chi connectivity index (χ2n) is 7.01. The van der Waals surface area contributed by atoms with Gasteiger partial charge in [-0.2, -0.15) is 0 Å². The number of anilines is 1. The molecule has 2 N–H and O–H groups in total. The first-order valence-corrected chi connectivity index (χ1v) is 10.5. The van der Waals surface area contributed by atoms with Crippen LogP contribution in [0.5, 0.6) is 0 Å². The highest BCUT2D eigenvalue weighted by Crippen LogP contribution is 2.23. The van der Waals surface area contributed by atoms with Crippen molar-refractivity contribution >= 4 is 45.6 Å². The maximum atomic E-state index is 12.6. The van der Waals surface area contributed by atoms with Gasteiger partial charge in [-0.15, -0.1) is 11.3 Å². The molecule has 1 aromatic carbocycles. The minimum Gasteiger partial charge on any atom is -0.383 e. The summed E-state index contributed by atoms with van der Waals surface area (Å²) in [5, 5.41) is 0.842. The van der Waals surface area contributed by atoms with Crippen LogP contribution in [0.15, 0.2) is 36.7 Å². The van der Waals surface area contributed by atoms with Gasteiger partial charge in [-0.3, -0.25) is 9.69 Å². The Morgan fingerprint density at radius 2 is 2.07 bits per heavy atom. The standard InChI is InChI=1S/C20H22ClN5OS/c21-18-6-4-15(28-18)2-1-7-25-8-9-26(19(27)12-25)11-14-3-5-16-17(10-14)23-13-24-20(16)22/h3-6,10,13H,1-2,7-9,11-12H2,(H2,22,23,24). The molecule has 146 valence electrons. The van der Waals surface area contributed by atoms with E-state index in [1.54, 1.807) is 11.3 Å². The summed E-state index contributed by atoms with van der Waals surface area (Å²) in [4.78, 5) is 26.3. The Labute approximate surface area is 172 Å². The maximum Gasteiger partial charge on any atom is 0.237 e. The molecule has 0 radical (unpaired) electrons. The van der Waals surface area contributed by atoms with E-state index in [9.17, 15) is 4.79 Å². The molecule has 0 aliphatic carbocycles. The summed E-state index contributed by atoms with van der Waals surface area (Å²) in [6.45, 7) is 3.66. The predicted molar refractivity (Wildman–Crippen MR) is 113 cm³/mol. The molecule has 4 rings (SSSR count). The summed E-state index contributed by atoms with van der Waals surface area (Å²) in [7, 11) is 0. The molecular formula is C20H22ClN5OS. The van der Waals surface area contributed by atoms with Crippen LogP contribution in [0.2, 0.25) is 4.34 Å². The summed E-state index contributed by atoms with van der Waals surface area (Å²) in [5.41, 5.74) is 7.75. The zero-order valence-electron chi connectivity index (χ0n) is 15.5. The Kier molecular flexibility index (Phi) is 5.75. The monoisotopic (exact) mass is 415 g/mol. The molecule has 1 fully saturated rings. The second kappa shape index (κ2) is 8.43. The number of nitrogens with two attached hydrogens (primary N) is 1. The number of hydrogen-bond donors (Lipinski definition) is 1. The van der Waals surface area contributed by atoms with Crippen molar-refractivity contribution in [3.63, 3.8) is 0 Å². The molecule has 1 amide bonds. The lowest BCUT2D eigenvalue weighted by molar-refractivity contribution is -0.136. The topological polar surface area (TPSA) is 75.3 Å².